The first-order valence-electron chi connectivity index (χ1n) is 3.28. The fraction of sp³-hybridized carbons (Fsp3) is 0.250. The maximum absolute atomic E-state index is 10.8. The quantitative estimate of drug-likeness (QED) is 0.631. The van der Waals surface area contributed by atoms with Crippen LogP contribution in [0.4, 0.5) is 0 Å². The van der Waals surface area contributed by atoms with E-state index in [-0.39, 0.29) is 5.78 Å². The van der Waals surface area contributed by atoms with Gasteiger partial charge >= 0.3 is 0 Å². The van der Waals surface area contributed by atoms with Crippen LogP contribution in [0.2, 0.25) is 0 Å². The first-order valence-corrected chi connectivity index (χ1v) is 4.16. The number of aromatic nitrogens is 1. The van der Waals surface area contributed by atoms with Gasteiger partial charge in [-0.2, -0.15) is 0 Å². The van der Waals surface area contributed by atoms with Crippen LogP contribution in [0.15, 0.2) is 17.3 Å². The predicted octanol–water partition coefficient (Wildman–Crippen LogP) is 2.14. The van der Waals surface area contributed by atoms with Crippen LogP contribution in [0.25, 0.3) is 6.08 Å². The molecule has 1 heterocycles. The third-order valence-electron chi connectivity index (χ3n) is 1.37. The molecular weight excluding hydrogens is 158 g/mol. The number of thiazole rings is 1. The third-order valence-corrected chi connectivity index (χ3v) is 2.09. The van der Waals surface area contributed by atoms with E-state index in [0.717, 1.165) is 10.5 Å². The van der Waals surface area contributed by atoms with Crippen molar-refractivity contribution in [3.8, 4) is 0 Å². The number of Topliss-reactive ketones (excluding diaryl/α,β-unsaturated/α-hetero) is 1. The second-order valence-electron chi connectivity index (χ2n) is 2.29. The smallest absolute Gasteiger partial charge is 0.155 e. The number of rotatable bonds is 2. The molecule has 0 spiro atoms. The Labute approximate surface area is 69.6 Å². The van der Waals surface area contributed by atoms with Crippen LogP contribution in [0, 0.1) is 0 Å². The summed E-state index contributed by atoms with van der Waals surface area (Å²) in [5.74, 6) is 0.110. The van der Waals surface area contributed by atoms with Crippen molar-refractivity contribution in [3.63, 3.8) is 0 Å². The van der Waals surface area contributed by atoms with Crippen molar-refractivity contribution in [2.24, 2.45) is 0 Å². The molecule has 0 aliphatic carbocycles. The van der Waals surface area contributed by atoms with Gasteiger partial charge in [-0.25, -0.2) is 0 Å². The molecule has 58 valence electrons. The molecule has 0 unspecified atom stereocenters. The second kappa shape index (κ2) is 3.44. The van der Waals surface area contributed by atoms with E-state index < -0.39 is 0 Å². The van der Waals surface area contributed by atoms with Crippen molar-refractivity contribution in [2.45, 2.75) is 13.8 Å². The van der Waals surface area contributed by atoms with E-state index in [9.17, 15) is 4.79 Å². The molecule has 0 bridgehead atoms. The van der Waals surface area contributed by atoms with E-state index in [1.54, 1.807) is 18.6 Å². The minimum Gasteiger partial charge on any atom is -0.295 e. The molecule has 11 heavy (non-hydrogen) atoms. The summed E-state index contributed by atoms with van der Waals surface area (Å²) in [5, 5.41) is 0. The summed E-state index contributed by atoms with van der Waals surface area (Å²) in [6.45, 7) is 3.37. The molecule has 0 amide bonds. The molecule has 0 aromatic carbocycles. The lowest BCUT2D eigenvalue weighted by Crippen LogP contribution is -1.89. The standard InChI is InChI=1S/C8H9NOS/c1-6(7(2)10)3-8-4-9-5-11-8/h3-5H,1-2H3/b6-3+. The first kappa shape index (κ1) is 8.14. The first-order chi connectivity index (χ1) is 5.20. The van der Waals surface area contributed by atoms with Gasteiger partial charge in [0, 0.05) is 11.1 Å². The molecule has 1 aromatic heterocycles. The van der Waals surface area contributed by atoms with Gasteiger partial charge in [-0.3, -0.25) is 9.78 Å². The van der Waals surface area contributed by atoms with E-state index in [2.05, 4.69) is 4.98 Å². The predicted molar refractivity (Wildman–Crippen MR) is 46.4 cm³/mol. The van der Waals surface area contributed by atoms with E-state index >= 15 is 0 Å². The summed E-state index contributed by atoms with van der Waals surface area (Å²) >= 11 is 1.53. The highest BCUT2D eigenvalue weighted by Crippen LogP contribution is 2.10. The minimum absolute atomic E-state index is 0.110. The average molecular weight is 167 g/mol. The van der Waals surface area contributed by atoms with Gasteiger partial charge in [-0.15, -0.1) is 11.3 Å². The molecule has 0 saturated heterocycles. The summed E-state index contributed by atoms with van der Waals surface area (Å²) in [6.07, 6.45) is 3.59. The van der Waals surface area contributed by atoms with Crippen LogP contribution >= 0.6 is 11.3 Å². The summed E-state index contributed by atoms with van der Waals surface area (Å²) in [6, 6.07) is 0. The Hall–Kier alpha value is -0.960. The van der Waals surface area contributed by atoms with Gasteiger partial charge in [0.25, 0.3) is 0 Å². The van der Waals surface area contributed by atoms with E-state index in [1.807, 2.05) is 13.0 Å². The van der Waals surface area contributed by atoms with Gasteiger partial charge < -0.3 is 0 Å². The highest BCUT2D eigenvalue weighted by atomic mass is 32.1. The fourth-order valence-corrected chi connectivity index (χ4v) is 1.22. The number of carbonyl (C=O) groups excluding carboxylic acids is 1. The largest absolute Gasteiger partial charge is 0.295 e. The Kier molecular flexibility index (Phi) is 2.54. The molecule has 1 aromatic rings. The Morgan fingerprint density at radius 2 is 2.36 bits per heavy atom. The van der Waals surface area contributed by atoms with Crippen molar-refractivity contribution in [2.75, 3.05) is 0 Å². The van der Waals surface area contributed by atoms with Crippen LogP contribution in [0.1, 0.15) is 18.7 Å². The Bertz CT molecular complexity index is 274. The van der Waals surface area contributed by atoms with Crippen molar-refractivity contribution in [3.05, 3.63) is 22.2 Å². The van der Waals surface area contributed by atoms with Crippen LogP contribution in [-0.2, 0) is 4.79 Å². The second-order valence-corrected chi connectivity index (χ2v) is 3.21. The van der Waals surface area contributed by atoms with Gasteiger partial charge in [0.05, 0.1) is 5.51 Å². The number of nitrogens with zero attached hydrogens (tertiary/aromatic N) is 1. The molecular formula is C8H9NOS. The van der Waals surface area contributed by atoms with Gasteiger partial charge in [0.15, 0.2) is 5.78 Å². The van der Waals surface area contributed by atoms with E-state index in [1.165, 1.54) is 11.3 Å². The SMILES string of the molecule is CC(=O)/C(C)=C/c1cncs1. The van der Waals surface area contributed by atoms with E-state index in [0.29, 0.717) is 0 Å². The summed E-state index contributed by atoms with van der Waals surface area (Å²) < 4.78 is 0. The molecule has 0 aliphatic rings. The average Bonchev–Trinajstić information content (AvgIpc) is 2.39. The van der Waals surface area contributed by atoms with Gasteiger partial charge in [0.1, 0.15) is 0 Å². The Balaban J connectivity index is 2.82. The molecule has 0 saturated carbocycles. The number of allylic oxidation sites excluding steroid dienone is 1. The summed E-state index contributed by atoms with van der Waals surface area (Å²) in [5.41, 5.74) is 2.52. The van der Waals surface area contributed by atoms with Gasteiger partial charge in [-0.1, -0.05) is 0 Å². The summed E-state index contributed by atoms with van der Waals surface area (Å²) in [4.78, 5) is 15.7. The van der Waals surface area contributed by atoms with Gasteiger partial charge in [-0.05, 0) is 25.5 Å². The van der Waals surface area contributed by atoms with Crippen LogP contribution in [0.3, 0.4) is 0 Å². The zero-order valence-electron chi connectivity index (χ0n) is 6.50. The molecule has 0 atom stereocenters. The lowest BCUT2D eigenvalue weighted by Gasteiger charge is -1.89. The maximum atomic E-state index is 10.8. The molecule has 1 rings (SSSR count). The molecule has 0 fully saturated rings. The molecule has 0 radical (unpaired) electrons. The number of ketones is 1. The lowest BCUT2D eigenvalue weighted by atomic mass is 10.2. The lowest BCUT2D eigenvalue weighted by molar-refractivity contribution is -0.113. The zero-order chi connectivity index (χ0) is 8.27. The highest BCUT2D eigenvalue weighted by molar-refractivity contribution is 7.10. The fourth-order valence-electron chi connectivity index (χ4n) is 0.612. The Morgan fingerprint density at radius 1 is 1.64 bits per heavy atom. The van der Waals surface area contributed by atoms with Crippen LogP contribution in [0.5, 0.6) is 0 Å². The number of hydrogen-bond donors (Lipinski definition) is 0. The van der Waals surface area contributed by atoms with E-state index in [4.69, 9.17) is 0 Å². The normalized spacial score (nSPS) is 11.6. The maximum Gasteiger partial charge on any atom is 0.155 e. The number of carbonyl (C=O) groups is 1. The molecule has 0 aliphatic heterocycles. The van der Waals surface area contributed by atoms with Crippen LogP contribution < -0.4 is 0 Å². The van der Waals surface area contributed by atoms with Crippen molar-refractivity contribution in [1.29, 1.82) is 0 Å². The molecule has 2 nitrogen and oxygen atoms in total. The topological polar surface area (TPSA) is 30.0 Å². The van der Waals surface area contributed by atoms with Crippen LogP contribution in [-0.4, -0.2) is 10.8 Å². The molecule has 0 N–H and O–H groups in total. The van der Waals surface area contributed by atoms with Crippen molar-refractivity contribution in [1.82, 2.24) is 4.98 Å². The van der Waals surface area contributed by atoms with Crippen molar-refractivity contribution >= 4 is 23.2 Å². The monoisotopic (exact) mass is 167 g/mol. The van der Waals surface area contributed by atoms with Gasteiger partial charge in [0.2, 0.25) is 0 Å². The Morgan fingerprint density at radius 3 is 2.82 bits per heavy atom. The third kappa shape index (κ3) is 2.27. The number of hydrogen-bond acceptors (Lipinski definition) is 3. The molecule has 3 heteroatoms. The summed E-state index contributed by atoms with van der Waals surface area (Å²) in [7, 11) is 0. The zero-order valence-corrected chi connectivity index (χ0v) is 7.31. The van der Waals surface area contributed by atoms with Crippen molar-refractivity contribution < 1.29 is 4.79 Å². The minimum atomic E-state index is 0.110. The highest BCUT2D eigenvalue weighted by Gasteiger charge is 1.96.